The zero-order valence-corrected chi connectivity index (χ0v) is 22.9. The summed E-state index contributed by atoms with van der Waals surface area (Å²) in [7, 11) is -2.83. The highest BCUT2D eigenvalue weighted by Gasteiger charge is 2.33. The summed E-state index contributed by atoms with van der Waals surface area (Å²) in [5.74, 6) is -3.58. The lowest BCUT2D eigenvalue weighted by Gasteiger charge is -2.23. The van der Waals surface area contributed by atoms with Crippen molar-refractivity contribution in [3.8, 4) is 11.1 Å². The fraction of sp³-hybridized carbons (Fsp3) is 0.267. The van der Waals surface area contributed by atoms with Crippen LogP contribution in [-0.2, 0) is 29.1 Å². The van der Waals surface area contributed by atoms with Crippen LogP contribution in [0.1, 0.15) is 36.0 Å². The number of benzene rings is 3. The number of carbonyl (C=O) groups excluding carboxylic acids is 2. The standard InChI is InChI=1S/C30H31NO7S/c1-19-13-15-22(16-14-19)39(35,36)31(4)21(3)38-30(34)27(20(2)32)17-29(33)37-18-28-25-11-7-5-9-23(25)24-10-6-8-12-26(24)28/h5-16,20,27-28,32H,3,17-18H2,1-2,4H3/t20-,27+/m1/s1. The van der Waals surface area contributed by atoms with Gasteiger partial charge in [0.25, 0.3) is 10.0 Å². The van der Waals surface area contributed by atoms with Crippen LogP contribution < -0.4 is 0 Å². The first-order valence-corrected chi connectivity index (χ1v) is 13.9. The fourth-order valence-corrected chi connectivity index (χ4v) is 5.67. The molecule has 1 aliphatic carbocycles. The third-order valence-corrected chi connectivity index (χ3v) is 8.69. The number of rotatable bonds is 10. The molecule has 0 saturated carbocycles. The number of nitrogens with zero attached hydrogens (tertiary/aromatic N) is 1. The number of aliphatic hydroxyl groups excluding tert-OH is 1. The maximum Gasteiger partial charge on any atom is 0.318 e. The molecule has 0 fully saturated rings. The summed E-state index contributed by atoms with van der Waals surface area (Å²) in [5, 5.41) is 10.2. The highest BCUT2D eigenvalue weighted by molar-refractivity contribution is 7.89. The normalized spacial score (nSPS) is 14.1. The summed E-state index contributed by atoms with van der Waals surface area (Å²) in [6, 6.07) is 22.0. The summed E-state index contributed by atoms with van der Waals surface area (Å²) in [6.07, 6.45) is -1.71. The van der Waals surface area contributed by atoms with Gasteiger partial charge in [0.1, 0.15) is 6.61 Å². The molecule has 0 amide bonds. The molecule has 0 heterocycles. The molecule has 4 rings (SSSR count). The average molecular weight is 550 g/mol. The molecule has 0 aromatic heterocycles. The van der Waals surface area contributed by atoms with E-state index in [2.05, 4.69) is 6.58 Å². The second-order valence-corrected chi connectivity index (χ2v) is 11.5. The molecule has 3 aromatic carbocycles. The molecule has 0 saturated heterocycles. The molecule has 3 aromatic rings. The van der Waals surface area contributed by atoms with Gasteiger partial charge in [-0.15, -0.1) is 0 Å². The zero-order valence-electron chi connectivity index (χ0n) is 22.0. The van der Waals surface area contributed by atoms with Crippen LogP contribution >= 0.6 is 0 Å². The van der Waals surface area contributed by atoms with Crippen molar-refractivity contribution >= 4 is 22.0 Å². The monoisotopic (exact) mass is 549 g/mol. The fourth-order valence-electron chi connectivity index (χ4n) is 4.56. The molecule has 0 bridgehead atoms. The molecule has 0 unspecified atom stereocenters. The average Bonchev–Trinajstić information content (AvgIpc) is 3.23. The van der Waals surface area contributed by atoms with E-state index in [1.165, 1.54) is 26.1 Å². The van der Waals surface area contributed by atoms with E-state index in [0.717, 1.165) is 32.1 Å². The number of esters is 2. The topological polar surface area (TPSA) is 110 Å². The third-order valence-electron chi connectivity index (χ3n) is 6.89. The second-order valence-electron chi connectivity index (χ2n) is 9.56. The molecule has 0 spiro atoms. The van der Waals surface area contributed by atoms with Gasteiger partial charge in [-0.05, 0) is 54.8 Å². The van der Waals surface area contributed by atoms with Gasteiger partial charge in [0.05, 0.1) is 23.3 Å². The van der Waals surface area contributed by atoms with Crippen molar-refractivity contribution < 1.29 is 32.6 Å². The number of fused-ring (bicyclic) bond motifs is 3. The van der Waals surface area contributed by atoms with E-state index >= 15 is 0 Å². The number of hydrogen-bond donors (Lipinski definition) is 1. The molecule has 9 heteroatoms. The SMILES string of the molecule is C=C(OC(=O)[C@@H](CC(=O)OCC1c2ccccc2-c2ccccc21)[C@@H](C)O)N(C)S(=O)(=O)c1ccc(C)cc1. The Morgan fingerprint density at radius 2 is 1.51 bits per heavy atom. The smallest absolute Gasteiger partial charge is 0.318 e. The summed E-state index contributed by atoms with van der Waals surface area (Å²) < 4.78 is 37.2. The molecule has 0 radical (unpaired) electrons. The molecule has 0 aliphatic heterocycles. The van der Waals surface area contributed by atoms with Crippen LogP contribution in [0.25, 0.3) is 11.1 Å². The van der Waals surface area contributed by atoms with Crippen molar-refractivity contribution in [2.24, 2.45) is 5.92 Å². The first-order valence-electron chi connectivity index (χ1n) is 12.5. The Morgan fingerprint density at radius 3 is 2.05 bits per heavy atom. The van der Waals surface area contributed by atoms with E-state index in [9.17, 15) is 23.1 Å². The number of hydrogen-bond acceptors (Lipinski definition) is 7. The summed E-state index contributed by atoms with van der Waals surface area (Å²) in [5.41, 5.74) is 5.15. The highest BCUT2D eigenvalue weighted by atomic mass is 32.2. The molecule has 204 valence electrons. The number of sulfonamides is 1. The minimum Gasteiger partial charge on any atom is -0.465 e. The number of carbonyl (C=O) groups is 2. The quantitative estimate of drug-likeness (QED) is 0.295. The Kier molecular flexibility index (Phi) is 8.22. The van der Waals surface area contributed by atoms with Gasteiger partial charge in [-0.2, -0.15) is 0 Å². The van der Waals surface area contributed by atoms with Crippen LogP contribution in [0, 0.1) is 12.8 Å². The maximum absolute atomic E-state index is 12.9. The maximum atomic E-state index is 12.9. The van der Waals surface area contributed by atoms with Crippen LogP contribution in [0.3, 0.4) is 0 Å². The van der Waals surface area contributed by atoms with E-state index in [0.29, 0.717) is 0 Å². The number of aliphatic hydroxyl groups is 1. The zero-order chi connectivity index (χ0) is 28.3. The first-order chi connectivity index (χ1) is 18.5. The minimum absolute atomic E-state index is 0.00138. The van der Waals surface area contributed by atoms with Crippen molar-refractivity contribution in [1.82, 2.24) is 4.31 Å². The lowest BCUT2D eigenvalue weighted by molar-refractivity contribution is -0.157. The van der Waals surface area contributed by atoms with Gasteiger partial charge < -0.3 is 14.6 Å². The predicted molar refractivity (Wildman–Crippen MR) is 146 cm³/mol. The Labute approximate surface area is 228 Å². The van der Waals surface area contributed by atoms with Crippen LogP contribution in [0.5, 0.6) is 0 Å². The van der Waals surface area contributed by atoms with E-state index < -0.39 is 46.3 Å². The van der Waals surface area contributed by atoms with Gasteiger partial charge in [-0.1, -0.05) is 66.2 Å². The van der Waals surface area contributed by atoms with Gasteiger partial charge in [-0.3, -0.25) is 9.59 Å². The van der Waals surface area contributed by atoms with Crippen LogP contribution in [0.2, 0.25) is 0 Å². The summed E-state index contributed by atoms with van der Waals surface area (Å²) in [4.78, 5) is 25.6. The van der Waals surface area contributed by atoms with Gasteiger partial charge >= 0.3 is 11.9 Å². The van der Waals surface area contributed by atoms with Crippen LogP contribution in [0.4, 0.5) is 0 Å². The second kappa shape index (κ2) is 11.4. The van der Waals surface area contributed by atoms with Crippen molar-refractivity contribution in [2.45, 2.75) is 37.2 Å². The van der Waals surface area contributed by atoms with Gasteiger partial charge in [0.2, 0.25) is 5.88 Å². The first kappa shape index (κ1) is 28.1. The lowest BCUT2D eigenvalue weighted by atomic mass is 9.97. The summed E-state index contributed by atoms with van der Waals surface area (Å²) >= 11 is 0. The number of aryl methyl sites for hydroxylation is 1. The Balaban J connectivity index is 1.39. The van der Waals surface area contributed by atoms with Crippen molar-refractivity contribution in [3.63, 3.8) is 0 Å². The molecule has 2 atom stereocenters. The Morgan fingerprint density at radius 1 is 0.974 bits per heavy atom. The minimum atomic E-state index is -4.03. The van der Waals surface area contributed by atoms with E-state index in [4.69, 9.17) is 9.47 Å². The third kappa shape index (κ3) is 5.89. The van der Waals surface area contributed by atoms with E-state index in [-0.39, 0.29) is 17.4 Å². The van der Waals surface area contributed by atoms with Crippen molar-refractivity contribution in [3.05, 3.63) is 102 Å². The van der Waals surface area contributed by atoms with E-state index in [1.54, 1.807) is 12.1 Å². The number of ether oxygens (including phenoxy) is 2. The van der Waals surface area contributed by atoms with Gasteiger partial charge in [-0.25, -0.2) is 12.7 Å². The molecular formula is C30H31NO7S. The van der Waals surface area contributed by atoms with E-state index in [1.807, 2.05) is 55.5 Å². The van der Waals surface area contributed by atoms with Crippen LogP contribution in [0.15, 0.2) is 90.2 Å². The summed E-state index contributed by atoms with van der Waals surface area (Å²) in [6.45, 7) is 6.80. The van der Waals surface area contributed by atoms with Gasteiger partial charge in [0.15, 0.2) is 0 Å². The largest absolute Gasteiger partial charge is 0.465 e. The molecule has 1 N–H and O–H groups in total. The van der Waals surface area contributed by atoms with Crippen LogP contribution in [-0.4, -0.2) is 49.5 Å². The Hall–Kier alpha value is -3.95. The lowest BCUT2D eigenvalue weighted by Crippen LogP contribution is -2.34. The highest BCUT2D eigenvalue weighted by Crippen LogP contribution is 2.44. The molecule has 1 aliphatic rings. The molecule has 8 nitrogen and oxygen atoms in total. The van der Waals surface area contributed by atoms with Crippen molar-refractivity contribution in [1.29, 1.82) is 0 Å². The predicted octanol–water partition coefficient (Wildman–Crippen LogP) is 4.37. The molecular weight excluding hydrogens is 518 g/mol. The van der Waals surface area contributed by atoms with Gasteiger partial charge in [0, 0.05) is 13.0 Å². The molecule has 39 heavy (non-hydrogen) atoms. The Bertz CT molecular complexity index is 1450. The van der Waals surface area contributed by atoms with Crippen molar-refractivity contribution in [2.75, 3.05) is 13.7 Å².